The van der Waals surface area contributed by atoms with Crippen LogP contribution in [0.5, 0.6) is 0 Å². The number of anilines is 1. The monoisotopic (exact) mass is 398 g/mol. The van der Waals surface area contributed by atoms with Gasteiger partial charge >= 0.3 is 0 Å². The number of hydrogen-bond donors (Lipinski definition) is 2. The van der Waals surface area contributed by atoms with E-state index in [1.165, 1.54) is 27.4 Å². The Labute approximate surface area is 176 Å². The topological polar surface area (TPSA) is 58.4 Å². The summed E-state index contributed by atoms with van der Waals surface area (Å²) in [6, 6.07) is 20.8. The van der Waals surface area contributed by atoms with Gasteiger partial charge in [-0.2, -0.15) is 5.10 Å². The van der Waals surface area contributed by atoms with Crippen molar-refractivity contribution >= 4 is 39.6 Å². The molecular formula is C25H26N4O. The van der Waals surface area contributed by atoms with E-state index in [9.17, 15) is 4.79 Å². The predicted octanol–water partition coefficient (Wildman–Crippen LogP) is 4.99. The van der Waals surface area contributed by atoms with Crippen LogP contribution in [0.4, 0.5) is 5.69 Å². The smallest absolute Gasteiger partial charge is 0.259 e. The highest BCUT2D eigenvalue weighted by Crippen LogP contribution is 2.29. The van der Waals surface area contributed by atoms with Crippen molar-refractivity contribution in [2.24, 2.45) is 5.10 Å². The van der Waals surface area contributed by atoms with Gasteiger partial charge < -0.3 is 9.88 Å². The SMILES string of the molecule is CCn1c2ccccc2c2cc(/C=N\NC(=O)CNc3ccc(C)cc3C)ccc21. The van der Waals surface area contributed by atoms with Gasteiger partial charge in [-0.15, -0.1) is 0 Å². The van der Waals surface area contributed by atoms with E-state index >= 15 is 0 Å². The summed E-state index contributed by atoms with van der Waals surface area (Å²) in [5.41, 5.74) is 9.26. The van der Waals surface area contributed by atoms with Crippen LogP contribution in [0, 0.1) is 13.8 Å². The number of nitrogens with one attached hydrogen (secondary N) is 2. The molecule has 0 aliphatic heterocycles. The number of benzene rings is 3. The Hall–Kier alpha value is -3.60. The van der Waals surface area contributed by atoms with Crippen LogP contribution in [0.15, 0.2) is 65.8 Å². The van der Waals surface area contributed by atoms with Crippen LogP contribution in [0.1, 0.15) is 23.6 Å². The van der Waals surface area contributed by atoms with Gasteiger partial charge in [0.1, 0.15) is 0 Å². The number of nitrogens with zero attached hydrogens (tertiary/aromatic N) is 2. The number of carbonyl (C=O) groups is 1. The number of hydrazone groups is 1. The molecule has 0 bridgehead atoms. The second kappa shape index (κ2) is 8.41. The summed E-state index contributed by atoms with van der Waals surface area (Å²) in [5, 5.41) is 9.71. The molecule has 1 amide bonds. The van der Waals surface area contributed by atoms with E-state index in [1.807, 2.05) is 25.1 Å². The van der Waals surface area contributed by atoms with Gasteiger partial charge in [0, 0.05) is 34.0 Å². The standard InChI is InChI=1S/C25H26N4O/c1-4-29-23-8-6-5-7-20(23)21-14-19(10-12-24(21)29)15-27-28-25(30)16-26-22-11-9-17(2)13-18(22)3/h5-15,26H,4,16H2,1-3H3,(H,28,30)/b27-15-. The second-order valence-electron chi connectivity index (χ2n) is 7.50. The van der Waals surface area contributed by atoms with E-state index < -0.39 is 0 Å². The van der Waals surface area contributed by atoms with Gasteiger partial charge in [-0.1, -0.05) is 42.0 Å². The van der Waals surface area contributed by atoms with E-state index in [2.05, 4.69) is 76.7 Å². The Morgan fingerprint density at radius 2 is 1.80 bits per heavy atom. The highest BCUT2D eigenvalue weighted by Gasteiger charge is 2.09. The van der Waals surface area contributed by atoms with Crippen LogP contribution in [0.25, 0.3) is 21.8 Å². The third-order valence-electron chi connectivity index (χ3n) is 5.34. The van der Waals surface area contributed by atoms with E-state index in [-0.39, 0.29) is 12.5 Å². The van der Waals surface area contributed by atoms with Crippen molar-refractivity contribution in [1.82, 2.24) is 9.99 Å². The van der Waals surface area contributed by atoms with E-state index in [4.69, 9.17) is 0 Å². The molecular weight excluding hydrogens is 372 g/mol. The lowest BCUT2D eigenvalue weighted by molar-refractivity contribution is -0.119. The molecule has 0 aliphatic rings. The van der Waals surface area contributed by atoms with Gasteiger partial charge in [0.25, 0.3) is 5.91 Å². The number of para-hydroxylation sites is 1. The Kier molecular flexibility index (Phi) is 5.53. The fourth-order valence-corrected chi connectivity index (χ4v) is 3.90. The molecule has 0 saturated heterocycles. The summed E-state index contributed by atoms with van der Waals surface area (Å²) in [6.45, 7) is 7.32. The van der Waals surface area contributed by atoms with Crippen LogP contribution < -0.4 is 10.7 Å². The van der Waals surface area contributed by atoms with Crippen molar-refractivity contribution in [1.29, 1.82) is 0 Å². The molecule has 5 heteroatoms. The molecule has 0 aliphatic carbocycles. The molecule has 3 aromatic carbocycles. The third kappa shape index (κ3) is 3.92. The molecule has 1 heterocycles. The van der Waals surface area contributed by atoms with Crippen molar-refractivity contribution in [3.05, 3.63) is 77.4 Å². The number of fused-ring (bicyclic) bond motifs is 3. The molecule has 5 nitrogen and oxygen atoms in total. The van der Waals surface area contributed by atoms with Gasteiger partial charge in [0.15, 0.2) is 0 Å². The zero-order valence-corrected chi connectivity index (χ0v) is 17.6. The quantitative estimate of drug-likeness (QED) is 0.355. The largest absolute Gasteiger partial charge is 0.376 e. The molecule has 2 N–H and O–H groups in total. The average molecular weight is 399 g/mol. The first kappa shape index (κ1) is 19.7. The van der Waals surface area contributed by atoms with Gasteiger partial charge in [0.05, 0.1) is 12.8 Å². The Balaban J connectivity index is 1.45. The van der Waals surface area contributed by atoms with Crippen LogP contribution in [-0.2, 0) is 11.3 Å². The number of hydrogen-bond acceptors (Lipinski definition) is 3. The lowest BCUT2D eigenvalue weighted by Gasteiger charge is -2.09. The minimum absolute atomic E-state index is 0.171. The number of rotatable bonds is 6. The minimum Gasteiger partial charge on any atom is -0.376 e. The molecule has 0 spiro atoms. The summed E-state index contributed by atoms with van der Waals surface area (Å²) in [7, 11) is 0. The van der Waals surface area contributed by atoms with Crippen LogP contribution in [0.3, 0.4) is 0 Å². The Morgan fingerprint density at radius 3 is 2.60 bits per heavy atom. The highest BCUT2D eigenvalue weighted by molar-refractivity contribution is 6.09. The Bertz CT molecular complexity index is 1250. The normalized spacial score (nSPS) is 11.4. The molecule has 0 saturated carbocycles. The van der Waals surface area contributed by atoms with Crippen molar-refractivity contribution < 1.29 is 4.79 Å². The zero-order valence-electron chi connectivity index (χ0n) is 17.6. The molecule has 152 valence electrons. The van der Waals surface area contributed by atoms with Crippen molar-refractivity contribution in [2.45, 2.75) is 27.3 Å². The summed E-state index contributed by atoms with van der Waals surface area (Å²) in [6.07, 6.45) is 1.69. The van der Waals surface area contributed by atoms with Gasteiger partial charge in [-0.3, -0.25) is 4.79 Å². The lowest BCUT2D eigenvalue weighted by Crippen LogP contribution is -2.26. The molecule has 0 fully saturated rings. The first-order valence-corrected chi connectivity index (χ1v) is 10.2. The van der Waals surface area contributed by atoms with E-state index in [0.717, 1.165) is 23.4 Å². The maximum atomic E-state index is 12.1. The maximum absolute atomic E-state index is 12.1. The van der Waals surface area contributed by atoms with Gasteiger partial charge in [0.2, 0.25) is 0 Å². The predicted molar refractivity (Wildman–Crippen MR) is 125 cm³/mol. The zero-order chi connectivity index (χ0) is 21.1. The molecule has 0 unspecified atom stereocenters. The van der Waals surface area contributed by atoms with E-state index in [1.54, 1.807) is 6.21 Å². The molecule has 30 heavy (non-hydrogen) atoms. The first-order valence-electron chi connectivity index (χ1n) is 10.2. The number of aromatic nitrogens is 1. The third-order valence-corrected chi connectivity index (χ3v) is 5.34. The highest BCUT2D eigenvalue weighted by atomic mass is 16.2. The van der Waals surface area contributed by atoms with Gasteiger partial charge in [-0.05, 0) is 56.2 Å². The molecule has 1 aromatic heterocycles. The molecule has 0 radical (unpaired) electrons. The number of aryl methyl sites for hydroxylation is 3. The molecule has 0 atom stereocenters. The lowest BCUT2D eigenvalue weighted by atomic mass is 10.1. The van der Waals surface area contributed by atoms with Crippen LogP contribution in [0.2, 0.25) is 0 Å². The Morgan fingerprint density at radius 1 is 1.00 bits per heavy atom. The molecule has 4 rings (SSSR count). The van der Waals surface area contributed by atoms with Crippen LogP contribution in [-0.4, -0.2) is 23.2 Å². The minimum atomic E-state index is -0.185. The maximum Gasteiger partial charge on any atom is 0.259 e. The van der Waals surface area contributed by atoms with E-state index in [0.29, 0.717) is 0 Å². The summed E-state index contributed by atoms with van der Waals surface area (Å²) < 4.78 is 2.31. The van der Waals surface area contributed by atoms with Gasteiger partial charge in [-0.25, -0.2) is 5.43 Å². The fourth-order valence-electron chi connectivity index (χ4n) is 3.90. The molecule has 4 aromatic rings. The van der Waals surface area contributed by atoms with Crippen molar-refractivity contribution in [3.63, 3.8) is 0 Å². The van der Waals surface area contributed by atoms with Crippen LogP contribution >= 0.6 is 0 Å². The summed E-state index contributed by atoms with van der Waals surface area (Å²) in [5.74, 6) is -0.185. The first-order chi connectivity index (χ1) is 14.6. The van der Waals surface area contributed by atoms with Crippen molar-refractivity contribution in [3.8, 4) is 0 Å². The fraction of sp³-hybridized carbons (Fsp3) is 0.200. The summed E-state index contributed by atoms with van der Waals surface area (Å²) >= 11 is 0. The number of carbonyl (C=O) groups excluding carboxylic acids is 1. The summed E-state index contributed by atoms with van der Waals surface area (Å²) in [4.78, 5) is 12.1. The number of amides is 1. The van der Waals surface area contributed by atoms with Crippen molar-refractivity contribution in [2.75, 3.05) is 11.9 Å². The average Bonchev–Trinajstić information content (AvgIpc) is 3.06. The second-order valence-corrected chi connectivity index (χ2v) is 7.50.